The summed E-state index contributed by atoms with van der Waals surface area (Å²) in [6.07, 6.45) is 6.31. The van der Waals surface area contributed by atoms with Crippen molar-refractivity contribution >= 4 is 12.4 Å². The molecule has 17 heavy (non-hydrogen) atoms. The van der Waals surface area contributed by atoms with E-state index >= 15 is 0 Å². The number of hydrogen-bond donors (Lipinski definition) is 2. The molecule has 0 amide bonds. The minimum absolute atomic E-state index is 0. The van der Waals surface area contributed by atoms with E-state index in [9.17, 15) is 5.11 Å². The minimum Gasteiger partial charge on any atom is -0.507 e. The number of phenols is 1. The van der Waals surface area contributed by atoms with Crippen LogP contribution in [0, 0.1) is 12.8 Å². The van der Waals surface area contributed by atoms with E-state index in [1.807, 2.05) is 25.1 Å². The number of para-hydroxylation sites is 1. The zero-order valence-corrected chi connectivity index (χ0v) is 11.2. The van der Waals surface area contributed by atoms with E-state index in [0.717, 1.165) is 11.1 Å². The quantitative estimate of drug-likeness (QED) is 0.846. The Morgan fingerprint density at radius 3 is 2.53 bits per heavy atom. The molecule has 1 atom stereocenters. The Bertz CT molecular complexity index is 361. The van der Waals surface area contributed by atoms with Crippen molar-refractivity contribution < 1.29 is 5.11 Å². The van der Waals surface area contributed by atoms with Crippen LogP contribution in [0.1, 0.15) is 49.3 Å². The molecule has 1 aliphatic rings. The van der Waals surface area contributed by atoms with E-state index in [1.54, 1.807) is 0 Å². The average molecular weight is 256 g/mol. The molecular weight excluding hydrogens is 234 g/mol. The lowest BCUT2D eigenvalue weighted by atomic mass is 9.81. The van der Waals surface area contributed by atoms with Crippen molar-refractivity contribution in [2.24, 2.45) is 11.7 Å². The Labute approximate surface area is 110 Å². The monoisotopic (exact) mass is 255 g/mol. The number of rotatable bonds is 2. The second kappa shape index (κ2) is 6.27. The van der Waals surface area contributed by atoms with Crippen LogP contribution in [0.25, 0.3) is 0 Å². The Balaban J connectivity index is 0.00000144. The highest BCUT2D eigenvalue weighted by Gasteiger charge is 2.23. The van der Waals surface area contributed by atoms with Gasteiger partial charge in [-0.3, -0.25) is 0 Å². The van der Waals surface area contributed by atoms with Gasteiger partial charge in [0.15, 0.2) is 0 Å². The van der Waals surface area contributed by atoms with E-state index in [4.69, 9.17) is 5.73 Å². The molecule has 0 unspecified atom stereocenters. The fourth-order valence-electron chi connectivity index (χ4n) is 2.70. The standard InChI is InChI=1S/C14H21NO.ClH/c1-10-6-5-9-12(14(10)16)13(15)11-7-3-2-4-8-11;/h5-6,9,11,13,16H,2-4,7-8,15H2,1H3;1H/t13-;/m0./s1. The maximum Gasteiger partial charge on any atom is 0.123 e. The summed E-state index contributed by atoms with van der Waals surface area (Å²) >= 11 is 0. The van der Waals surface area contributed by atoms with Gasteiger partial charge in [0.2, 0.25) is 0 Å². The van der Waals surface area contributed by atoms with Gasteiger partial charge in [-0.15, -0.1) is 12.4 Å². The summed E-state index contributed by atoms with van der Waals surface area (Å²) in [6.45, 7) is 1.92. The van der Waals surface area contributed by atoms with Crippen LogP contribution < -0.4 is 5.73 Å². The number of aryl methyl sites for hydroxylation is 1. The Morgan fingerprint density at radius 1 is 1.24 bits per heavy atom. The van der Waals surface area contributed by atoms with Gasteiger partial charge in [0.1, 0.15) is 5.75 Å². The lowest BCUT2D eigenvalue weighted by Crippen LogP contribution is -2.23. The number of benzene rings is 1. The molecule has 0 radical (unpaired) electrons. The molecule has 0 bridgehead atoms. The number of phenolic OH excluding ortho intramolecular Hbond substituents is 1. The highest BCUT2D eigenvalue weighted by atomic mass is 35.5. The summed E-state index contributed by atoms with van der Waals surface area (Å²) in [5, 5.41) is 10.0. The zero-order valence-electron chi connectivity index (χ0n) is 10.4. The molecule has 0 heterocycles. The van der Waals surface area contributed by atoms with Gasteiger partial charge in [-0.1, -0.05) is 37.5 Å². The number of nitrogens with two attached hydrogens (primary N) is 1. The van der Waals surface area contributed by atoms with Crippen molar-refractivity contribution in [1.82, 2.24) is 0 Å². The second-order valence-corrected chi connectivity index (χ2v) is 4.94. The van der Waals surface area contributed by atoms with Crippen molar-refractivity contribution in [2.75, 3.05) is 0 Å². The maximum atomic E-state index is 10.0. The summed E-state index contributed by atoms with van der Waals surface area (Å²) in [5.41, 5.74) is 8.12. The first-order valence-corrected chi connectivity index (χ1v) is 6.24. The van der Waals surface area contributed by atoms with Crippen LogP contribution in [0.2, 0.25) is 0 Å². The molecule has 3 heteroatoms. The van der Waals surface area contributed by atoms with E-state index in [0.29, 0.717) is 11.7 Å². The first kappa shape index (κ1) is 14.3. The summed E-state index contributed by atoms with van der Waals surface area (Å²) in [6, 6.07) is 5.86. The first-order chi connectivity index (χ1) is 7.70. The van der Waals surface area contributed by atoms with Gasteiger partial charge in [0.05, 0.1) is 0 Å². The highest BCUT2D eigenvalue weighted by molar-refractivity contribution is 5.85. The summed E-state index contributed by atoms with van der Waals surface area (Å²) in [7, 11) is 0. The first-order valence-electron chi connectivity index (χ1n) is 6.24. The molecule has 1 aromatic carbocycles. The van der Waals surface area contributed by atoms with Crippen molar-refractivity contribution in [3.63, 3.8) is 0 Å². The van der Waals surface area contributed by atoms with Crippen LogP contribution in [0.4, 0.5) is 0 Å². The van der Waals surface area contributed by atoms with Crippen LogP contribution in [-0.2, 0) is 0 Å². The van der Waals surface area contributed by atoms with Crippen molar-refractivity contribution in [2.45, 2.75) is 45.1 Å². The Hall–Kier alpha value is -0.730. The lowest BCUT2D eigenvalue weighted by Gasteiger charge is -2.28. The number of hydrogen-bond acceptors (Lipinski definition) is 2. The van der Waals surface area contributed by atoms with Crippen molar-refractivity contribution in [3.05, 3.63) is 29.3 Å². The molecule has 0 saturated heterocycles. The smallest absolute Gasteiger partial charge is 0.123 e. The van der Waals surface area contributed by atoms with E-state index in [-0.39, 0.29) is 18.4 Å². The maximum absolute atomic E-state index is 10.0. The molecule has 2 rings (SSSR count). The second-order valence-electron chi connectivity index (χ2n) is 4.94. The third kappa shape index (κ3) is 3.14. The SMILES string of the molecule is Cc1cccc([C@@H](N)C2CCCCC2)c1O.Cl. The van der Waals surface area contributed by atoms with Gasteiger partial charge in [0, 0.05) is 11.6 Å². The van der Waals surface area contributed by atoms with Crippen molar-refractivity contribution in [3.8, 4) is 5.75 Å². The van der Waals surface area contributed by atoms with Gasteiger partial charge >= 0.3 is 0 Å². The zero-order chi connectivity index (χ0) is 11.5. The molecule has 1 saturated carbocycles. The normalized spacial score (nSPS) is 18.5. The van der Waals surface area contributed by atoms with E-state index in [2.05, 4.69) is 0 Å². The fourth-order valence-corrected chi connectivity index (χ4v) is 2.70. The largest absolute Gasteiger partial charge is 0.507 e. The summed E-state index contributed by atoms with van der Waals surface area (Å²) in [4.78, 5) is 0. The summed E-state index contributed by atoms with van der Waals surface area (Å²) < 4.78 is 0. The minimum atomic E-state index is 0. The van der Waals surface area contributed by atoms with Crippen molar-refractivity contribution in [1.29, 1.82) is 0 Å². The van der Waals surface area contributed by atoms with E-state index in [1.165, 1.54) is 32.1 Å². The molecule has 2 nitrogen and oxygen atoms in total. The molecule has 1 aliphatic carbocycles. The molecule has 3 N–H and O–H groups in total. The topological polar surface area (TPSA) is 46.2 Å². The lowest BCUT2D eigenvalue weighted by molar-refractivity contribution is 0.303. The Morgan fingerprint density at radius 2 is 1.88 bits per heavy atom. The summed E-state index contributed by atoms with van der Waals surface area (Å²) in [5.74, 6) is 0.932. The predicted molar refractivity (Wildman–Crippen MR) is 73.6 cm³/mol. The third-order valence-electron chi connectivity index (χ3n) is 3.79. The van der Waals surface area contributed by atoms with Crippen LogP contribution in [0.3, 0.4) is 0 Å². The Kier molecular flexibility index (Phi) is 5.29. The molecule has 1 aromatic rings. The van der Waals surface area contributed by atoms with Gasteiger partial charge < -0.3 is 10.8 Å². The van der Waals surface area contributed by atoms with Gasteiger partial charge in [-0.05, 0) is 31.2 Å². The number of halogens is 1. The molecule has 0 aromatic heterocycles. The molecule has 0 spiro atoms. The van der Waals surface area contributed by atoms with Crippen LogP contribution in [-0.4, -0.2) is 5.11 Å². The van der Waals surface area contributed by atoms with Crippen LogP contribution in [0.15, 0.2) is 18.2 Å². The predicted octanol–water partition coefficient (Wildman–Crippen LogP) is 3.70. The molecule has 1 fully saturated rings. The van der Waals surface area contributed by atoms with Crippen LogP contribution in [0.5, 0.6) is 5.75 Å². The van der Waals surface area contributed by atoms with Gasteiger partial charge in [-0.25, -0.2) is 0 Å². The van der Waals surface area contributed by atoms with E-state index < -0.39 is 0 Å². The van der Waals surface area contributed by atoms with Crippen LogP contribution >= 0.6 is 12.4 Å². The van der Waals surface area contributed by atoms with Gasteiger partial charge in [0.25, 0.3) is 0 Å². The highest BCUT2D eigenvalue weighted by Crippen LogP contribution is 2.36. The number of aromatic hydroxyl groups is 1. The fraction of sp³-hybridized carbons (Fsp3) is 0.571. The average Bonchev–Trinajstić information content (AvgIpc) is 2.33. The third-order valence-corrected chi connectivity index (χ3v) is 3.79. The molecule has 0 aliphatic heterocycles. The van der Waals surface area contributed by atoms with Gasteiger partial charge in [-0.2, -0.15) is 0 Å². The molecular formula is C14H22ClNO. The molecule has 96 valence electrons.